The predicted molar refractivity (Wildman–Crippen MR) is 132 cm³/mol. The van der Waals surface area contributed by atoms with Crippen LogP contribution in [0.5, 0.6) is 0 Å². The highest BCUT2D eigenvalue weighted by Crippen LogP contribution is 2.27. The fourth-order valence-corrected chi connectivity index (χ4v) is 3.44. The van der Waals surface area contributed by atoms with Crippen molar-refractivity contribution in [1.29, 1.82) is 0 Å². The maximum absolute atomic E-state index is 12.6. The van der Waals surface area contributed by atoms with Gasteiger partial charge in [0, 0.05) is 24.6 Å². The SMILES string of the molecule is CC/C=C(\NCc1ccccc1)C(CC(C)=O)c1ccccc1.Cc1ccc(C)c(F)c1. The lowest BCUT2D eigenvalue weighted by Crippen LogP contribution is -2.21. The molecular weight excluding hydrogens is 397 g/mol. The Hall–Kier alpha value is -3.20. The molecule has 0 amide bonds. The normalized spacial score (nSPS) is 11.8. The summed E-state index contributed by atoms with van der Waals surface area (Å²) in [4.78, 5) is 11.8. The van der Waals surface area contributed by atoms with Crippen LogP contribution in [0.15, 0.2) is 90.6 Å². The molecule has 3 rings (SSSR count). The van der Waals surface area contributed by atoms with Crippen molar-refractivity contribution in [2.45, 2.75) is 53.0 Å². The number of benzene rings is 3. The van der Waals surface area contributed by atoms with Crippen LogP contribution < -0.4 is 5.32 Å². The summed E-state index contributed by atoms with van der Waals surface area (Å²) in [5, 5.41) is 3.55. The first-order valence-corrected chi connectivity index (χ1v) is 11.2. The smallest absolute Gasteiger partial charge is 0.130 e. The van der Waals surface area contributed by atoms with Crippen LogP contribution >= 0.6 is 0 Å². The number of carbonyl (C=O) groups excluding carboxylic acids is 1. The minimum absolute atomic E-state index is 0.0948. The largest absolute Gasteiger partial charge is 0.384 e. The van der Waals surface area contributed by atoms with Gasteiger partial charge in [-0.25, -0.2) is 4.39 Å². The van der Waals surface area contributed by atoms with E-state index in [4.69, 9.17) is 0 Å². The summed E-state index contributed by atoms with van der Waals surface area (Å²) in [6.07, 6.45) is 3.67. The molecule has 168 valence electrons. The quantitative estimate of drug-likeness (QED) is 0.406. The van der Waals surface area contributed by atoms with Gasteiger partial charge in [0.15, 0.2) is 0 Å². The topological polar surface area (TPSA) is 29.1 Å². The maximum Gasteiger partial charge on any atom is 0.130 e. The molecule has 0 saturated heterocycles. The Balaban J connectivity index is 0.000000336. The Bertz CT molecular complexity index is 996. The Labute approximate surface area is 192 Å². The first-order chi connectivity index (χ1) is 15.4. The molecule has 0 aliphatic rings. The van der Waals surface area contributed by atoms with Gasteiger partial charge >= 0.3 is 0 Å². The first-order valence-electron chi connectivity index (χ1n) is 11.2. The van der Waals surface area contributed by atoms with Crippen LogP contribution in [0.1, 0.15) is 54.9 Å². The number of halogens is 1. The van der Waals surface area contributed by atoms with Crippen LogP contribution in [0, 0.1) is 19.7 Å². The molecule has 1 atom stereocenters. The maximum atomic E-state index is 12.6. The second-order valence-electron chi connectivity index (χ2n) is 8.03. The lowest BCUT2D eigenvalue weighted by molar-refractivity contribution is -0.117. The zero-order chi connectivity index (χ0) is 23.3. The van der Waals surface area contributed by atoms with Crippen LogP contribution in [0.25, 0.3) is 0 Å². The molecule has 0 aliphatic heterocycles. The Morgan fingerprint density at radius 3 is 2.12 bits per heavy atom. The molecule has 1 N–H and O–H groups in total. The molecule has 3 aromatic carbocycles. The van der Waals surface area contributed by atoms with Crippen LogP contribution in [-0.4, -0.2) is 5.78 Å². The Kier molecular flexibility index (Phi) is 10.4. The van der Waals surface area contributed by atoms with Crippen molar-refractivity contribution < 1.29 is 9.18 Å². The van der Waals surface area contributed by atoms with Gasteiger partial charge in [-0.05, 0) is 55.5 Å². The molecule has 0 fully saturated rings. The van der Waals surface area contributed by atoms with Gasteiger partial charge in [0.05, 0.1) is 0 Å². The molecule has 0 aromatic heterocycles. The predicted octanol–water partition coefficient (Wildman–Crippen LogP) is 7.28. The summed E-state index contributed by atoms with van der Waals surface area (Å²) in [7, 11) is 0. The average Bonchev–Trinajstić information content (AvgIpc) is 2.79. The number of ketones is 1. The van der Waals surface area contributed by atoms with E-state index in [2.05, 4.69) is 42.6 Å². The number of aryl methyl sites for hydroxylation is 2. The number of Topliss-reactive ketones (excluding diaryl/α,β-unsaturated/α-hetero) is 1. The summed E-state index contributed by atoms with van der Waals surface area (Å²) < 4.78 is 12.6. The van der Waals surface area contributed by atoms with Crippen molar-refractivity contribution in [2.75, 3.05) is 0 Å². The summed E-state index contributed by atoms with van der Waals surface area (Å²) in [6.45, 7) is 8.20. The van der Waals surface area contributed by atoms with Gasteiger partial charge in [-0.1, -0.05) is 85.8 Å². The molecule has 32 heavy (non-hydrogen) atoms. The van der Waals surface area contributed by atoms with Gasteiger partial charge in [-0.2, -0.15) is 0 Å². The van der Waals surface area contributed by atoms with E-state index >= 15 is 0 Å². The average molecular weight is 432 g/mol. The molecule has 0 radical (unpaired) electrons. The fraction of sp³-hybridized carbons (Fsp3) is 0.276. The molecular formula is C29H34FNO. The third-order valence-corrected chi connectivity index (χ3v) is 5.16. The highest BCUT2D eigenvalue weighted by atomic mass is 19.1. The van der Waals surface area contributed by atoms with Crippen LogP contribution in [0.3, 0.4) is 0 Å². The van der Waals surface area contributed by atoms with Crippen LogP contribution in [-0.2, 0) is 11.3 Å². The highest BCUT2D eigenvalue weighted by molar-refractivity contribution is 5.77. The lowest BCUT2D eigenvalue weighted by atomic mass is 9.90. The van der Waals surface area contributed by atoms with Gasteiger partial charge in [0.25, 0.3) is 0 Å². The van der Waals surface area contributed by atoms with Crippen LogP contribution in [0.2, 0.25) is 0 Å². The van der Waals surface area contributed by atoms with E-state index in [-0.39, 0.29) is 17.5 Å². The van der Waals surface area contributed by atoms with Gasteiger partial charge in [-0.15, -0.1) is 0 Å². The van der Waals surface area contributed by atoms with Gasteiger partial charge in [0.1, 0.15) is 11.6 Å². The van der Waals surface area contributed by atoms with Crippen molar-refractivity contribution >= 4 is 5.78 Å². The van der Waals surface area contributed by atoms with Crippen molar-refractivity contribution in [3.8, 4) is 0 Å². The standard InChI is InChI=1S/C21H25NO.C8H9F/c1-3-10-21(22-16-18-11-6-4-7-12-18)20(15-17(2)23)19-13-8-5-9-14-19;1-6-3-4-7(2)8(9)5-6/h4-14,20,22H,3,15-16H2,1-2H3;3-5H,1-2H3/b21-10-;. The zero-order valence-electron chi connectivity index (χ0n) is 19.6. The summed E-state index contributed by atoms with van der Waals surface area (Å²) in [5.41, 5.74) is 5.24. The van der Waals surface area contributed by atoms with E-state index < -0.39 is 0 Å². The molecule has 0 bridgehead atoms. The number of allylic oxidation sites excluding steroid dienone is 2. The zero-order valence-corrected chi connectivity index (χ0v) is 19.6. The molecule has 1 unspecified atom stereocenters. The monoisotopic (exact) mass is 431 g/mol. The number of rotatable bonds is 8. The second kappa shape index (κ2) is 13.3. The van der Waals surface area contributed by atoms with Gasteiger partial charge in [0.2, 0.25) is 0 Å². The fourth-order valence-electron chi connectivity index (χ4n) is 3.44. The minimum Gasteiger partial charge on any atom is -0.384 e. The number of nitrogens with one attached hydrogen (secondary N) is 1. The number of carbonyl (C=O) groups is 1. The van der Waals surface area contributed by atoms with Gasteiger partial charge < -0.3 is 5.32 Å². The molecule has 0 spiro atoms. The summed E-state index contributed by atoms with van der Waals surface area (Å²) in [5.74, 6) is 0.190. The molecule has 3 aromatic rings. The molecule has 0 saturated carbocycles. The molecule has 0 aliphatic carbocycles. The van der Waals surface area contributed by atoms with E-state index in [1.807, 2.05) is 49.4 Å². The third-order valence-electron chi connectivity index (χ3n) is 5.16. The van der Waals surface area contributed by atoms with Gasteiger partial charge in [-0.3, -0.25) is 4.79 Å². The summed E-state index contributed by atoms with van der Waals surface area (Å²) in [6, 6.07) is 25.8. The molecule has 0 heterocycles. The van der Waals surface area contributed by atoms with E-state index in [0.29, 0.717) is 12.0 Å². The third kappa shape index (κ3) is 8.50. The Morgan fingerprint density at radius 1 is 0.969 bits per heavy atom. The van der Waals surface area contributed by atoms with Crippen molar-refractivity contribution in [3.63, 3.8) is 0 Å². The van der Waals surface area contributed by atoms with Crippen molar-refractivity contribution in [2.24, 2.45) is 0 Å². The minimum atomic E-state index is -0.116. The van der Waals surface area contributed by atoms with Crippen molar-refractivity contribution in [1.82, 2.24) is 5.32 Å². The molecule has 2 nitrogen and oxygen atoms in total. The number of hydrogen-bond donors (Lipinski definition) is 1. The van der Waals surface area contributed by atoms with Crippen molar-refractivity contribution in [3.05, 3.63) is 119 Å². The number of hydrogen-bond acceptors (Lipinski definition) is 2. The van der Waals surface area contributed by atoms with E-state index in [0.717, 1.165) is 24.2 Å². The van der Waals surface area contributed by atoms with E-state index in [1.165, 1.54) is 17.2 Å². The molecule has 3 heteroatoms. The highest BCUT2D eigenvalue weighted by Gasteiger charge is 2.18. The van der Waals surface area contributed by atoms with E-state index in [9.17, 15) is 9.18 Å². The lowest BCUT2D eigenvalue weighted by Gasteiger charge is -2.22. The van der Waals surface area contributed by atoms with Crippen LogP contribution in [0.4, 0.5) is 4.39 Å². The second-order valence-corrected chi connectivity index (χ2v) is 8.03. The first kappa shape index (κ1) is 25.1. The Morgan fingerprint density at radius 2 is 1.59 bits per heavy atom. The van der Waals surface area contributed by atoms with E-state index in [1.54, 1.807) is 19.9 Å². The summed E-state index contributed by atoms with van der Waals surface area (Å²) >= 11 is 0.